The van der Waals surface area contributed by atoms with E-state index in [4.69, 9.17) is 5.73 Å². The maximum Gasteiger partial charge on any atom is 0.126 e. The molecule has 0 aliphatic carbocycles. The second-order valence-corrected chi connectivity index (χ2v) is 5.81. The van der Waals surface area contributed by atoms with E-state index in [1.807, 2.05) is 14.0 Å². The van der Waals surface area contributed by atoms with Crippen LogP contribution in [0.4, 0.5) is 5.82 Å². The zero-order valence-corrected chi connectivity index (χ0v) is 11.3. The summed E-state index contributed by atoms with van der Waals surface area (Å²) in [5, 5.41) is 4.33. The van der Waals surface area contributed by atoms with Crippen LogP contribution in [-0.2, 0) is 13.6 Å². The van der Waals surface area contributed by atoms with Gasteiger partial charge in [-0.3, -0.25) is 4.68 Å². The van der Waals surface area contributed by atoms with E-state index in [1.165, 1.54) is 0 Å². The van der Waals surface area contributed by atoms with Crippen LogP contribution in [0.5, 0.6) is 0 Å². The van der Waals surface area contributed by atoms with Gasteiger partial charge in [0.2, 0.25) is 0 Å². The highest BCUT2D eigenvalue weighted by molar-refractivity contribution is 5.42. The minimum Gasteiger partial charge on any atom is -0.384 e. The summed E-state index contributed by atoms with van der Waals surface area (Å²) in [5.74, 6) is 0.776. The Balaban J connectivity index is 2.73. The minimum atomic E-state index is 0.305. The third kappa shape index (κ3) is 3.23. The zero-order chi connectivity index (χ0) is 12.5. The van der Waals surface area contributed by atoms with E-state index in [0.717, 1.165) is 30.2 Å². The zero-order valence-electron chi connectivity index (χ0n) is 11.3. The molecule has 1 heterocycles. The highest BCUT2D eigenvalue weighted by atomic mass is 15.3. The number of hydrogen-bond acceptors (Lipinski definition) is 3. The first kappa shape index (κ1) is 13.0. The molecule has 0 radical (unpaired) electrons. The maximum absolute atomic E-state index is 5.99. The molecule has 16 heavy (non-hydrogen) atoms. The summed E-state index contributed by atoms with van der Waals surface area (Å²) >= 11 is 0. The molecule has 0 unspecified atom stereocenters. The molecule has 0 atom stereocenters. The number of nitrogens with two attached hydrogens (primary N) is 1. The third-order valence-corrected chi connectivity index (χ3v) is 2.57. The first-order valence-corrected chi connectivity index (χ1v) is 5.67. The molecule has 1 aromatic heterocycles. The van der Waals surface area contributed by atoms with Crippen molar-refractivity contribution in [3.63, 3.8) is 0 Å². The number of rotatable bonds is 3. The molecule has 0 saturated heterocycles. The summed E-state index contributed by atoms with van der Waals surface area (Å²) in [5.41, 5.74) is 8.47. The van der Waals surface area contributed by atoms with Crippen LogP contribution in [0.1, 0.15) is 32.0 Å². The van der Waals surface area contributed by atoms with E-state index in [1.54, 1.807) is 4.68 Å². The quantitative estimate of drug-likeness (QED) is 0.851. The monoisotopic (exact) mass is 224 g/mol. The first-order valence-electron chi connectivity index (χ1n) is 5.67. The van der Waals surface area contributed by atoms with Gasteiger partial charge in [-0.25, -0.2) is 0 Å². The highest BCUT2D eigenvalue weighted by Crippen LogP contribution is 2.20. The third-order valence-electron chi connectivity index (χ3n) is 2.57. The van der Waals surface area contributed by atoms with Crippen molar-refractivity contribution in [3.05, 3.63) is 11.3 Å². The Bertz CT molecular complexity index is 360. The summed E-state index contributed by atoms with van der Waals surface area (Å²) in [6.45, 7) is 10.6. The molecule has 0 amide bonds. The molecule has 4 heteroatoms. The van der Waals surface area contributed by atoms with E-state index in [2.05, 4.69) is 37.8 Å². The van der Waals surface area contributed by atoms with Crippen molar-refractivity contribution in [2.75, 3.05) is 19.3 Å². The molecule has 0 aliphatic heterocycles. The lowest BCUT2D eigenvalue weighted by Gasteiger charge is -2.26. The summed E-state index contributed by atoms with van der Waals surface area (Å²) in [4.78, 5) is 2.29. The van der Waals surface area contributed by atoms with Crippen LogP contribution in [0.15, 0.2) is 0 Å². The van der Waals surface area contributed by atoms with Crippen LogP contribution in [0.25, 0.3) is 0 Å². The van der Waals surface area contributed by atoms with Crippen molar-refractivity contribution in [2.24, 2.45) is 12.5 Å². The molecule has 1 rings (SSSR count). The minimum absolute atomic E-state index is 0.305. The number of nitrogen functional groups attached to an aromatic ring is 1. The number of aromatic nitrogens is 2. The van der Waals surface area contributed by atoms with Gasteiger partial charge in [0.25, 0.3) is 0 Å². The van der Waals surface area contributed by atoms with Crippen LogP contribution >= 0.6 is 0 Å². The van der Waals surface area contributed by atoms with E-state index in [9.17, 15) is 0 Å². The van der Waals surface area contributed by atoms with Gasteiger partial charge in [-0.2, -0.15) is 5.10 Å². The molecule has 0 fully saturated rings. The van der Waals surface area contributed by atoms with E-state index in [0.29, 0.717) is 5.41 Å². The van der Waals surface area contributed by atoms with Crippen LogP contribution in [-0.4, -0.2) is 28.3 Å². The van der Waals surface area contributed by atoms with Gasteiger partial charge in [0.05, 0.1) is 5.69 Å². The average Bonchev–Trinajstić information content (AvgIpc) is 2.29. The Morgan fingerprint density at radius 3 is 2.31 bits per heavy atom. The van der Waals surface area contributed by atoms with E-state index < -0.39 is 0 Å². The standard InChI is InChI=1S/C12H24N4/c1-9-10(11(13)16(6)14-9)7-15(5)8-12(2,3)4/h7-8,13H2,1-6H3. The normalized spacial score (nSPS) is 12.4. The fraction of sp³-hybridized carbons (Fsp3) is 0.750. The molecule has 0 aliphatic rings. The molecular weight excluding hydrogens is 200 g/mol. The Morgan fingerprint density at radius 2 is 1.94 bits per heavy atom. The van der Waals surface area contributed by atoms with Crippen molar-refractivity contribution in [1.82, 2.24) is 14.7 Å². The first-order chi connectivity index (χ1) is 7.20. The van der Waals surface area contributed by atoms with Gasteiger partial charge < -0.3 is 10.6 Å². The summed E-state index contributed by atoms with van der Waals surface area (Å²) in [7, 11) is 4.01. The Morgan fingerprint density at radius 1 is 1.38 bits per heavy atom. The topological polar surface area (TPSA) is 47.1 Å². The van der Waals surface area contributed by atoms with Crippen molar-refractivity contribution >= 4 is 5.82 Å². The summed E-state index contributed by atoms with van der Waals surface area (Å²) in [6, 6.07) is 0. The molecule has 2 N–H and O–H groups in total. The van der Waals surface area contributed by atoms with Gasteiger partial charge in [0, 0.05) is 25.7 Å². The molecule has 4 nitrogen and oxygen atoms in total. The van der Waals surface area contributed by atoms with Crippen molar-refractivity contribution in [3.8, 4) is 0 Å². The highest BCUT2D eigenvalue weighted by Gasteiger charge is 2.17. The van der Waals surface area contributed by atoms with Gasteiger partial charge in [-0.05, 0) is 19.4 Å². The fourth-order valence-electron chi connectivity index (χ4n) is 2.05. The average molecular weight is 224 g/mol. The molecule has 1 aromatic rings. The molecule has 0 spiro atoms. The largest absolute Gasteiger partial charge is 0.384 e. The van der Waals surface area contributed by atoms with E-state index >= 15 is 0 Å². The SMILES string of the molecule is Cc1nn(C)c(N)c1CN(C)CC(C)(C)C. The molecule has 92 valence electrons. The predicted molar refractivity (Wildman–Crippen MR) is 68.1 cm³/mol. The molecule has 0 bridgehead atoms. The molecule has 0 saturated carbocycles. The lowest BCUT2D eigenvalue weighted by molar-refractivity contribution is 0.221. The number of anilines is 1. The van der Waals surface area contributed by atoms with Gasteiger partial charge in [-0.1, -0.05) is 20.8 Å². The molecular formula is C12H24N4. The fourth-order valence-corrected chi connectivity index (χ4v) is 2.05. The van der Waals surface area contributed by atoms with Crippen LogP contribution in [0, 0.1) is 12.3 Å². The van der Waals surface area contributed by atoms with Crippen LogP contribution in [0.2, 0.25) is 0 Å². The predicted octanol–water partition coefficient (Wildman–Crippen LogP) is 1.79. The smallest absolute Gasteiger partial charge is 0.126 e. The molecule has 0 aromatic carbocycles. The lowest BCUT2D eigenvalue weighted by Crippen LogP contribution is -2.29. The van der Waals surface area contributed by atoms with Crippen LogP contribution in [0.3, 0.4) is 0 Å². The summed E-state index contributed by atoms with van der Waals surface area (Å²) in [6.07, 6.45) is 0. The summed E-state index contributed by atoms with van der Waals surface area (Å²) < 4.78 is 1.75. The van der Waals surface area contributed by atoms with Gasteiger partial charge >= 0.3 is 0 Å². The van der Waals surface area contributed by atoms with Gasteiger partial charge in [0.15, 0.2) is 0 Å². The Labute approximate surface area is 98.4 Å². The van der Waals surface area contributed by atoms with Crippen molar-refractivity contribution < 1.29 is 0 Å². The maximum atomic E-state index is 5.99. The van der Waals surface area contributed by atoms with Gasteiger partial charge in [-0.15, -0.1) is 0 Å². The second kappa shape index (κ2) is 4.45. The van der Waals surface area contributed by atoms with E-state index in [-0.39, 0.29) is 0 Å². The number of aryl methyl sites for hydroxylation is 2. The Kier molecular flexibility index (Phi) is 3.63. The van der Waals surface area contributed by atoms with Gasteiger partial charge in [0.1, 0.15) is 5.82 Å². The second-order valence-electron chi connectivity index (χ2n) is 5.81. The number of hydrogen-bond donors (Lipinski definition) is 1. The van der Waals surface area contributed by atoms with Crippen LogP contribution < -0.4 is 5.73 Å². The Hall–Kier alpha value is -1.03. The number of nitrogens with zero attached hydrogens (tertiary/aromatic N) is 3. The van der Waals surface area contributed by atoms with Crippen molar-refractivity contribution in [1.29, 1.82) is 0 Å². The van der Waals surface area contributed by atoms with Crippen molar-refractivity contribution in [2.45, 2.75) is 34.2 Å². The lowest BCUT2D eigenvalue weighted by atomic mass is 9.96.